The second-order valence-corrected chi connectivity index (χ2v) is 9.35. The van der Waals surface area contributed by atoms with E-state index in [0.717, 1.165) is 0 Å². The maximum absolute atomic E-state index is 13.2. The Balaban J connectivity index is 1.43. The minimum absolute atomic E-state index is 0.0169. The molecule has 11 heteroatoms. The summed E-state index contributed by atoms with van der Waals surface area (Å²) in [6.07, 6.45) is -1.37. The second-order valence-electron chi connectivity index (χ2n) is 8.94. The molecule has 0 aliphatic carbocycles. The molecule has 0 fully saturated rings. The van der Waals surface area contributed by atoms with Crippen molar-refractivity contribution in [2.75, 3.05) is 5.32 Å². The number of carboxylic acids is 1. The van der Waals surface area contributed by atoms with Gasteiger partial charge in [-0.15, -0.1) is 0 Å². The van der Waals surface area contributed by atoms with Crippen LogP contribution in [0, 0.1) is 12.7 Å². The highest BCUT2D eigenvalue weighted by Gasteiger charge is 2.23. The lowest BCUT2D eigenvalue weighted by molar-refractivity contribution is -0.139. The van der Waals surface area contributed by atoms with Crippen LogP contribution in [0.4, 0.5) is 14.9 Å². The molecule has 0 bridgehead atoms. The monoisotopic (exact) mass is 565 g/mol. The normalized spacial score (nSPS) is 12.3. The van der Waals surface area contributed by atoms with Crippen molar-refractivity contribution in [1.82, 2.24) is 10.5 Å². The Hall–Kier alpha value is -4.70. The highest BCUT2D eigenvalue weighted by molar-refractivity contribution is 6.31. The first-order valence-corrected chi connectivity index (χ1v) is 12.6. The van der Waals surface area contributed by atoms with Crippen LogP contribution in [-0.2, 0) is 16.0 Å². The Kier molecular flexibility index (Phi) is 8.80. The summed E-state index contributed by atoms with van der Waals surface area (Å²) >= 11 is 6.19. The number of aromatic nitrogens is 1. The lowest BCUT2D eigenvalue weighted by Crippen LogP contribution is -2.42. The summed E-state index contributed by atoms with van der Waals surface area (Å²) in [5, 5.41) is 19.1. The highest BCUT2D eigenvalue weighted by Crippen LogP contribution is 2.32. The predicted octanol–water partition coefficient (Wildman–Crippen LogP) is 6.18. The van der Waals surface area contributed by atoms with Crippen LogP contribution in [0.15, 0.2) is 77.3 Å². The zero-order chi connectivity index (χ0) is 28.8. The van der Waals surface area contributed by atoms with Crippen molar-refractivity contribution in [3.8, 4) is 11.3 Å². The van der Waals surface area contributed by atoms with Crippen molar-refractivity contribution in [3.63, 3.8) is 0 Å². The van der Waals surface area contributed by atoms with Crippen molar-refractivity contribution in [3.05, 3.63) is 106 Å². The van der Waals surface area contributed by atoms with Gasteiger partial charge in [0, 0.05) is 28.1 Å². The van der Waals surface area contributed by atoms with Crippen molar-refractivity contribution < 1.29 is 33.1 Å². The van der Waals surface area contributed by atoms with Crippen LogP contribution in [0.3, 0.4) is 0 Å². The Morgan fingerprint density at radius 3 is 2.38 bits per heavy atom. The summed E-state index contributed by atoms with van der Waals surface area (Å²) in [7, 11) is 0. The molecule has 4 rings (SSSR count). The molecule has 0 aliphatic rings. The van der Waals surface area contributed by atoms with E-state index in [1.54, 1.807) is 50.2 Å². The Labute approximate surface area is 233 Å². The molecule has 9 nitrogen and oxygen atoms in total. The number of halogens is 2. The summed E-state index contributed by atoms with van der Waals surface area (Å²) in [5.41, 5.74) is 2.62. The number of carboxylic acid groups (broad SMARTS) is 1. The fraction of sp³-hybridized carbons (Fsp3) is 0.172. The average molecular weight is 566 g/mol. The Bertz CT molecular complexity index is 1520. The minimum atomic E-state index is -1.22. The number of benzene rings is 3. The number of rotatable bonds is 9. The number of carbonyl (C=O) groups excluding carboxylic acids is 2. The average Bonchev–Trinajstić information content (AvgIpc) is 3.29. The van der Waals surface area contributed by atoms with Crippen molar-refractivity contribution in [2.24, 2.45) is 0 Å². The summed E-state index contributed by atoms with van der Waals surface area (Å²) in [4.78, 5) is 37.1. The first-order chi connectivity index (χ1) is 19.1. The first-order valence-electron chi connectivity index (χ1n) is 12.2. The quantitative estimate of drug-likeness (QED) is 0.221. The molecule has 206 valence electrons. The van der Waals surface area contributed by atoms with Gasteiger partial charge in [0.25, 0.3) is 5.91 Å². The van der Waals surface area contributed by atoms with Crippen LogP contribution in [0.25, 0.3) is 11.3 Å². The largest absolute Gasteiger partial charge is 0.480 e. The number of hydrogen-bond donors (Lipinski definition) is 3. The van der Waals surface area contributed by atoms with Gasteiger partial charge in [-0.3, -0.25) is 10.1 Å². The molecule has 0 saturated heterocycles. The fourth-order valence-electron chi connectivity index (χ4n) is 3.95. The smallest absolute Gasteiger partial charge is 0.412 e. The van der Waals surface area contributed by atoms with E-state index in [9.17, 15) is 23.9 Å². The van der Waals surface area contributed by atoms with E-state index in [2.05, 4.69) is 15.8 Å². The van der Waals surface area contributed by atoms with Crippen molar-refractivity contribution in [2.45, 2.75) is 32.4 Å². The van der Waals surface area contributed by atoms with E-state index < -0.39 is 35.9 Å². The van der Waals surface area contributed by atoms with Gasteiger partial charge in [0.05, 0.1) is 0 Å². The molecule has 4 aromatic rings. The molecule has 3 N–H and O–H groups in total. The third-order valence-electron chi connectivity index (χ3n) is 6.08. The van der Waals surface area contributed by atoms with Gasteiger partial charge in [0.2, 0.25) is 0 Å². The molecule has 1 heterocycles. The highest BCUT2D eigenvalue weighted by atomic mass is 35.5. The SMILES string of the molecule is Cc1noc(-c2ccc(C(=O)NC(Cc3ccc(F)cc3)C(=O)O)cc2)c1NC(=O)OC(C)c1ccccc1Cl. The van der Waals surface area contributed by atoms with E-state index in [1.165, 1.54) is 36.4 Å². The number of aliphatic carboxylic acids is 1. The molecule has 0 saturated carbocycles. The molecule has 0 radical (unpaired) electrons. The van der Waals surface area contributed by atoms with E-state index in [4.69, 9.17) is 20.9 Å². The van der Waals surface area contributed by atoms with Gasteiger partial charge in [-0.25, -0.2) is 14.0 Å². The summed E-state index contributed by atoms with van der Waals surface area (Å²) in [6, 6.07) is 17.3. The van der Waals surface area contributed by atoms with Crippen molar-refractivity contribution in [1.29, 1.82) is 0 Å². The van der Waals surface area contributed by atoms with Crippen LogP contribution in [-0.4, -0.2) is 34.3 Å². The van der Waals surface area contributed by atoms with Crippen LogP contribution in [0.2, 0.25) is 5.02 Å². The number of hydrogen-bond acceptors (Lipinski definition) is 6. The minimum Gasteiger partial charge on any atom is -0.480 e. The summed E-state index contributed by atoms with van der Waals surface area (Å²) in [6.45, 7) is 3.34. The van der Waals surface area contributed by atoms with Crippen LogP contribution < -0.4 is 10.6 Å². The third kappa shape index (κ3) is 6.83. The van der Waals surface area contributed by atoms with Crippen LogP contribution in [0.5, 0.6) is 0 Å². The number of nitrogens with one attached hydrogen (secondary N) is 2. The molecule has 40 heavy (non-hydrogen) atoms. The molecule has 0 aliphatic heterocycles. The first kappa shape index (κ1) is 28.3. The van der Waals surface area contributed by atoms with Gasteiger partial charge < -0.3 is 19.7 Å². The van der Waals surface area contributed by atoms with Gasteiger partial charge >= 0.3 is 12.1 Å². The van der Waals surface area contributed by atoms with E-state index >= 15 is 0 Å². The molecular formula is C29H25ClFN3O6. The number of anilines is 1. The molecule has 0 spiro atoms. The lowest BCUT2D eigenvalue weighted by atomic mass is 10.0. The topological polar surface area (TPSA) is 131 Å². The molecule has 1 aromatic heterocycles. The molecular weight excluding hydrogens is 541 g/mol. The number of ether oxygens (including phenoxy) is 1. The zero-order valence-corrected chi connectivity index (χ0v) is 22.2. The van der Waals surface area contributed by atoms with Gasteiger partial charge in [0.1, 0.15) is 29.3 Å². The third-order valence-corrected chi connectivity index (χ3v) is 6.43. The Morgan fingerprint density at radius 1 is 1.05 bits per heavy atom. The molecule has 2 unspecified atom stereocenters. The van der Waals surface area contributed by atoms with E-state index in [0.29, 0.717) is 33.1 Å². The number of carbonyl (C=O) groups is 3. The van der Waals surface area contributed by atoms with Gasteiger partial charge in [-0.2, -0.15) is 0 Å². The van der Waals surface area contributed by atoms with Crippen molar-refractivity contribution >= 4 is 35.3 Å². The maximum atomic E-state index is 13.2. The van der Waals surface area contributed by atoms with E-state index in [1.807, 2.05) is 0 Å². The standard InChI is InChI=1S/C29H25ClFN3O6/c1-16-25(33-29(38)39-17(2)22-5-3-4-6-23(22)30)26(40-34-16)19-9-11-20(12-10-19)27(35)32-24(28(36)37)15-18-7-13-21(31)14-8-18/h3-14,17,24H,15H2,1-2H3,(H,32,35)(H,33,38)(H,36,37). The molecule has 2 amide bonds. The maximum Gasteiger partial charge on any atom is 0.412 e. The van der Waals surface area contributed by atoms with Gasteiger partial charge in [-0.1, -0.05) is 59.2 Å². The molecule has 2 atom stereocenters. The zero-order valence-electron chi connectivity index (χ0n) is 21.5. The van der Waals surface area contributed by atoms with Gasteiger partial charge in [-0.05, 0) is 49.7 Å². The number of amides is 2. The summed E-state index contributed by atoms with van der Waals surface area (Å²) < 4.78 is 24.0. The lowest BCUT2D eigenvalue weighted by Gasteiger charge is -2.15. The van der Waals surface area contributed by atoms with E-state index in [-0.39, 0.29) is 17.7 Å². The van der Waals surface area contributed by atoms with Crippen LogP contribution in [0.1, 0.15) is 40.2 Å². The predicted molar refractivity (Wildman–Crippen MR) is 146 cm³/mol. The second kappa shape index (κ2) is 12.4. The van der Waals surface area contributed by atoms with Crippen LogP contribution >= 0.6 is 11.6 Å². The van der Waals surface area contributed by atoms with Gasteiger partial charge in [0.15, 0.2) is 5.76 Å². The number of nitrogens with zero attached hydrogens (tertiary/aromatic N) is 1. The number of aryl methyl sites for hydroxylation is 1. The fourth-order valence-corrected chi connectivity index (χ4v) is 4.23. The Morgan fingerprint density at radius 2 is 1.73 bits per heavy atom. The molecule has 3 aromatic carbocycles. The summed E-state index contributed by atoms with van der Waals surface area (Å²) in [5.74, 6) is -2.03.